The fourth-order valence-electron chi connectivity index (χ4n) is 6.92. The smallest absolute Gasteiger partial charge is 0.309 e. The molecule has 50 heavy (non-hydrogen) atoms. The summed E-state index contributed by atoms with van der Waals surface area (Å²) in [5, 5.41) is 9.64. The average Bonchev–Trinajstić information content (AvgIpc) is 3.14. The lowest BCUT2D eigenvalue weighted by atomic mass is 9.80. The molecule has 0 aliphatic carbocycles. The van der Waals surface area contributed by atoms with Gasteiger partial charge in [0.25, 0.3) is 0 Å². The normalized spacial score (nSPS) is 13.0. The summed E-state index contributed by atoms with van der Waals surface area (Å²) in [5.74, 6) is -0.786. The SMILES string of the molecule is CC(C)N(CCC(c1ccccc1)c1cc(COC(c2ccccc2)(c2ccccc2)c2ccccc2)ccc1OC[C@@H](C)C(=O)O)C(C)C. The molecular formula is C45H51NO4. The van der Waals surface area contributed by atoms with Gasteiger partial charge < -0.3 is 14.6 Å². The summed E-state index contributed by atoms with van der Waals surface area (Å²) in [6.45, 7) is 12.0. The van der Waals surface area contributed by atoms with Crippen molar-refractivity contribution in [2.45, 2.75) is 71.2 Å². The highest BCUT2D eigenvalue weighted by Gasteiger charge is 2.37. The van der Waals surface area contributed by atoms with Crippen molar-refractivity contribution in [2.75, 3.05) is 13.2 Å². The quantitative estimate of drug-likeness (QED) is 0.0999. The van der Waals surface area contributed by atoms with E-state index in [4.69, 9.17) is 9.47 Å². The molecule has 2 atom stereocenters. The van der Waals surface area contributed by atoms with E-state index in [2.05, 4.69) is 136 Å². The van der Waals surface area contributed by atoms with Crippen LogP contribution >= 0.6 is 0 Å². The van der Waals surface area contributed by atoms with Crippen LogP contribution in [0, 0.1) is 5.92 Å². The Morgan fingerprint density at radius 2 is 1.16 bits per heavy atom. The first-order valence-corrected chi connectivity index (χ1v) is 17.8. The Balaban J connectivity index is 1.60. The van der Waals surface area contributed by atoms with Crippen LogP contribution in [-0.2, 0) is 21.7 Å². The molecule has 0 amide bonds. The first-order valence-electron chi connectivity index (χ1n) is 17.8. The molecule has 5 aromatic carbocycles. The van der Waals surface area contributed by atoms with Crippen molar-refractivity contribution in [1.29, 1.82) is 0 Å². The Hall–Kier alpha value is -4.71. The van der Waals surface area contributed by atoms with Gasteiger partial charge >= 0.3 is 5.97 Å². The predicted molar refractivity (Wildman–Crippen MR) is 203 cm³/mol. The highest BCUT2D eigenvalue weighted by atomic mass is 16.5. The lowest BCUT2D eigenvalue weighted by Crippen LogP contribution is -2.38. The molecule has 0 spiro atoms. The molecule has 0 fully saturated rings. The molecule has 0 saturated heterocycles. The topological polar surface area (TPSA) is 59.0 Å². The van der Waals surface area contributed by atoms with Crippen molar-refractivity contribution in [3.8, 4) is 5.75 Å². The second-order valence-corrected chi connectivity index (χ2v) is 13.7. The van der Waals surface area contributed by atoms with E-state index in [0.29, 0.717) is 24.4 Å². The molecule has 5 aromatic rings. The van der Waals surface area contributed by atoms with Crippen LogP contribution in [0.5, 0.6) is 5.75 Å². The number of carboxylic acids is 1. The number of rotatable bonds is 17. The second-order valence-electron chi connectivity index (χ2n) is 13.7. The van der Waals surface area contributed by atoms with E-state index in [-0.39, 0.29) is 12.5 Å². The fraction of sp³-hybridized carbons (Fsp3) is 0.311. The van der Waals surface area contributed by atoms with Crippen molar-refractivity contribution in [3.05, 3.63) is 173 Å². The fourth-order valence-corrected chi connectivity index (χ4v) is 6.92. The maximum Gasteiger partial charge on any atom is 0.309 e. The van der Waals surface area contributed by atoms with Crippen LogP contribution in [0.15, 0.2) is 140 Å². The summed E-state index contributed by atoms with van der Waals surface area (Å²) >= 11 is 0. The number of aliphatic carboxylic acids is 1. The highest BCUT2D eigenvalue weighted by molar-refractivity contribution is 5.69. The van der Waals surface area contributed by atoms with Crippen molar-refractivity contribution in [1.82, 2.24) is 4.90 Å². The Morgan fingerprint density at radius 3 is 1.62 bits per heavy atom. The van der Waals surface area contributed by atoms with Crippen molar-refractivity contribution < 1.29 is 19.4 Å². The van der Waals surface area contributed by atoms with Crippen LogP contribution < -0.4 is 4.74 Å². The molecule has 5 rings (SSSR count). The van der Waals surface area contributed by atoms with E-state index >= 15 is 0 Å². The minimum Gasteiger partial charge on any atom is -0.492 e. The first-order chi connectivity index (χ1) is 24.2. The Morgan fingerprint density at radius 1 is 0.680 bits per heavy atom. The van der Waals surface area contributed by atoms with Gasteiger partial charge in [0.05, 0.1) is 12.5 Å². The molecule has 5 heteroatoms. The van der Waals surface area contributed by atoms with Crippen LogP contribution in [0.2, 0.25) is 0 Å². The number of carboxylic acid groups (broad SMARTS) is 1. The molecular weight excluding hydrogens is 618 g/mol. The standard InChI is InChI=1S/C45H51NO4/c1-33(2)46(34(3)4)29-28-41(37-18-10-6-11-19-37)42-30-36(26-27-43(42)49-31-35(5)44(47)48)32-50-45(38-20-12-7-13-21-38,39-22-14-8-15-23-39)40-24-16-9-17-25-40/h6-27,30,33-35,41H,28-29,31-32H2,1-5H3,(H,47,48)/t35-,41?/m1/s1. The predicted octanol–water partition coefficient (Wildman–Crippen LogP) is 9.94. The van der Waals surface area contributed by atoms with E-state index in [1.165, 1.54) is 5.56 Å². The van der Waals surface area contributed by atoms with Crippen molar-refractivity contribution in [3.63, 3.8) is 0 Å². The Kier molecular flexibility index (Phi) is 12.6. The summed E-state index contributed by atoms with van der Waals surface area (Å²) in [7, 11) is 0. The van der Waals surface area contributed by atoms with Gasteiger partial charge in [-0.15, -0.1) is 0 Å². The van der Waals surface area contributed by atoms with Crippen LogP contribution in [0.3, 0.4) is 0 Å². The third kappa shape index (κ3) is 8.71. The number of hydrogen-bond donors (Lipinski definition) is 1. The zero-order valence-electron chi connectivity index (χ0n) is 30.0. The minimum atomic E-state index is -0.875. The minimum absolute atomic E-state index is 0.0217. The molecule has 5 nitrogen and oxygen atoms in total. The number of benzene rings is 5. The van der Waals surface area contributed by atoms with Gasteiger partial charge in [0.15, 0.2) is 0 Å². The van der Waals surface area contributed by atoms with E-state index in [9.17, 15) is 9.90 Å². The van der Waals surface area contributed by atoms with Crippen molar-refractivity contribution >= 4 is 5.97 Å². The number of nitrogens with zero attached hydrogens (tertiary/aromatic N) is 1. The van der Waals surface area contributed by atoms with Gasteiger partial charge in [0.2, 0.25) is 0 Å². The van der Waals surface area contributed by atoms with Gasteiger partial charge in [-0.05, 0) is 87.5 Å². The van der Waals surface area contributed by atoms with Gasteiger partial charge in [-0.25, -0.2) is 0 Å². The third-order valence-electron chi connectivity index (χ3n) is 9.56. The van der Waals surface area contributed by atoms with E-state index in [1.54, 1.807) is 6.92 Å². The maximum atomic E-state index is 11.7. The Bertz CT molecular complexity index is 1650. The number of ether oxygens (including phenoxy) is 2. The second kappa shape index (κ2) is 17.3. The van der Waals surface area contributed by atoms with Gasteiger partial charge in [0.1, 0.15) is 18.0 Å². The van der Waals surface area contributed by atoms with Crippen molar-refractivity contribution in [2.24, 2.45) is 5.92 Å². The molecule has 0 heterocycles. The molecule has 0 saturated carbocycles. The molecule has 1 unspecified atom stereocenters. The van der Waals surface area contributed by atoms with E-state index in [0.717, 1.165) is 40.8 Å². The lowest BCUT2D eigenvalue weighted by Gasteiger charge is -2.36. The average molecular weight is 670 g/mol. The highest BCUT2D eigenvalue weighted by Crippen LogP contribution is 2.42. The van der Waals surface area contributed by atoms with Gasteiger partial charge in [-0.1, -0.05) is 127 Å². The zero-order valence-corrected chi connectivity index (χ0v) is 30.0. The van der Waals surface area contributed by atoms with Crippen LogP contribution in [-0.4, -0.2) is 41.2 Å². The molecule has 0 aliphatic heterocycles. The summed E-state index contributed by atoms with van der Waals surface area (Å²) in [5.41, 5.74) is 5.52. The molecule has 260 valence electrons. The Labute approximate surface area is 298 Å². The van der Waals surface area contributed by atoms with Gasteiger partial charge in [-0.3, -0.25) is 9.69 Å². The number of carbonyl (C=O) groups is 1. The summed E-state index contributed by atoms with van der Waals surface area (Å²) < 4.78 is 13.6. The molecule has 0 aliphatic rings. The zero-order chi connectivity index (χ0) is 35.5. The molecule has 0 bridgehead atoms. The lowest BCUT2D eigenvalue weighted by molar-refractivity contribution is -0.142. The monoisotopic (exact) mass is 669 g/mol. The molecule has 1 N–H and O–H groups in total. The van der Waals surface area contributed by atoms with Crippen LogP contribution in [0.25, 0.3) is 0 Å². The summed E-state index contributed by atoms with van der Waals surface area (Å²) in [6.07, 6.45) is 0.873. The third-order valence-corrected chi connectivity index (χ3v) is 9.56. The molecule has 0 aromatic heterocycles. The van der Waals surface area contributed by atoms with E-state index in [1.807, 2.05) is 36.4 Å². The molecule has 0 radical (unpaired) electrons. The van der Waals surface area contributed by atoms with Gasteiger partial charge in [0, 0.05) is 23.6 Å². The van der Waals surface area contributed by atoms with Gasteiger partial charge in [-0.2, -0.15) is 0 Å². The summed E-state index contributed by atoms with van der Waals surface area (Å²) in [4.78, 5) is 14.3. The van der Waals surface area contributed by atoms with Crippen LogP contribution in [0.4, 0.5) is 0 Å². The summed E-state index contributed by atoms with van der Waals surface area (Å²) in [6, 6.07) is 48.9. The first kappa shape index (κ1) is 36.6. The number of hydrogen-bond acceptors (Lipinski definition) is 4. The van der Waals surface area contributed by atoms with E-state index < -0.39 is 17.5 Å². The largest absolute Gasteiger partial charge is 0.492 e. The van der Waals surface area contributed by atoms with Crippen LogP contribution in [0.1, 0.15) is 80.3 Å². The maximum absolute atomic E-state index is 11.7.